The lowest BCUT2D eigenvalue weighted by molar-refractivity contribution is -0.142. The number of guanidine groups is 1. The normalized spacial score (nSPS) is 12.0. The van der Waals surface area contributed by atoms with Crippen molar-refractivity contribution in [3.05, 3.63) is 71.8 Å². The Morgan fingerprint density at radius 2 is 1.57 bits per heavy atom. The van der Waals surface area contributed by atoms with Crippen molar-refractivity contribution in [1.29, 1.82) is 5.41 Å². The number of carbonyl (C=O) groups is 2. The van der Waals surface area contributed by atoms with Crippen molar-refractivity contribution in [1.82, 2.24) is 10.6 Å². The van der Waals surface area contributed by atoms with E-state index >= 15 is 0 Å². The number of hydrogen-bond acceptors (Lipinski definition) is 3. The summed E-state index contributed by atoms with van der Waals surface area (Å²) < 4.78 is 0. The van der Waals surface area contributed by atoms with E-state index in [0.29, 0.717) is 13.0 Å². The van der Waals surface area contributed by atoms with Gasteiger partial charge in [-0.15, -0.1) is 0 Å². The minimum absolute atomic E-state index is 0.170. The highest BCUT2D eigenvalue weighted by atomic mass is 16.4. The Hall–Kier alpha value is -3.35. The number of benzene rings is 2. The van der Waals surface area contributed by atoms with E-state index in [2.05, 4.69) is 10.6 Å². The van der Waals surface area contributed by atoms with E-state index in [0.717, 1.165) is 11.1 Å². The third-order valence-corrected chi connectivity index (χ3v) is 4.74. The van der Waals surface area contributed by atoms with Gasteiger partial charge in [0.2, 0.25) is 5.91 Å². The van der Waals surface area contributed by atoms with Gasteiger partial charge in [-0.25, -0.2) is 4.79 Å². The van der Waals surface area contributed by atoms with Crippen LogP contribution in [-0.2, 0) is 15.0 Å². The molecule has 0 radical (unpaired) electrons. The molecule has 2 aromatic carbocycles. The van der Waals surface area contributed by atoms with Gasteiger partial charge in [-0.3, -0.25) is 10.2 Å². The largest absolute Gasteiger partial charge is 0.480 e. The average Bonchev–Trinajstić information content (AvgIpc) is 2.70. The fraction of sp³-hybridized carbons (Fsp3) is 0.286. The van der Waals surface area contributed by atoms with Gasteiger partial charge in [-0.05, 0) is 30.9 Å². The summed E-state index contributed by atoms with van der Waals surface area (Å²) in [5, 5.41) is 22.0. The lowest BCUT2D eigenvalue weighted by atomic mass is 9.75. The molecule has 7 nitrogen and oxygen atoms in total. The topological polar surface area (TPSA) is 128 Å². The van der Waals surface area contributed by atoms with E-state index in [-0.39, 0.29) is 18.3 Å². The highest BCUT2D eigenvalue weighted by Crippen LogP contribution is 2.32. The first-order valence-electron chi connectivity index (χ1n) is 9.08. The molecule has 0 heterocycles. The fourth-order valence-electron chi connectivity index (χ4n) is 3.06. The van der Waals surface area contributed by atoms with Crippen molar-refractivity contribution in [3.63, 3.8) is 0 Å². The molecule has 0 bridgehead atoms. The zero-order valence-corrected chi connectivity index (χ0v) is 15.8. The van der Waals surface area contributed by atoms with Crippen molar-refractivity contribution in [2.75, 3.05) is 6.54 Å². The molecule has 0 fully saturated rings. The van der Waals surface area contributed by atoms with E-state index in [1.807, 2.05) is 60.7 Å². The monoisotopic (exact) mass is 382 g/mol. The van der Waals surface area contributed by atoms with Gasteiger partial charge in [-0.1, -0.05) is 60.7 Å². The van der Waals surface area contributed by atoms with Crippen LogP contribution in [0.2, 0.25) is 0 Å². The summed E-state index contributed by atoms with van der Waals surface area (Å²) in [6, 6.07) is 17.6. The van der Waals surface area contributed by atoms with Crippen LogP contribution in [0.25, 0.3) is 0 Å². The highest BCUT2D eigenvalue weighted by Gasteiger charge is 2.38. The second-order valence-corrected chi connectivity index (χ2v) is 6.70. The molecular formula is C21H26N4O3. The zero-order chi connectivity index (χ0) is 20.6. The molecule has 0 aromatic heterocycles. The maximum absolute atomic E-state index is 13.3. The summed E-state index contributed by atoms with van der Waals surface area (Å²) in [6.07, 6.45) is 0.672. The molecule has 0 aliphatic heterocycles. The fourth-order valence-corrected chi connectivity index (χ4v) is 3.06. The number of carboxylic acids is 1. The molecule has 1 unspecified atom stereocenters. The van der Waals surface area contributed by atoms with Crippen LogP contribution in [0.3, 0.4) is 0 Å². The summed E-state index contributed by atoms with van der Waals surface area (Å²) in [5.74, 6) is -1.65. The summed E-state index contributed by atoms with van der Waals surface area (Å²) in [4.78, 5) is 24.9. The Morgan fingerprint density at radius 1 is 1.07 bits per heavy atom. The van der Waals surface area contributed by atoms with Gasteiger partial charge in [0.15, 0.2) is 5.96 Å². The van der Waals surface area contributed by atoms with Crippen molar-refractivity contribution in [3.8, 4) is 0 Å². The molecule has 28 heavy (non-hydrogen) atoms. The number of amides is 1. The van der Waals surface area contributed by atoms with Crippen LogP contribution >= 0.6 is 0 Å². The summed E-state index contributed by atoms with van der Waals surface area (Å²) in [5.41, 5.74) is 5.75. The smallest absolute Gasteiger partial charge is 0.326 e. The van der Waals surface area contributed by atoms with Gasteiger partial charge in [0.1, 0.15) is 6.04 Å². The van der Waals surface area contributed by atoms with E-state index in [9.17, 15) is 14.7 Å². The highest BCUT2D eigenvalue weighted by molar-refractivity contribution is 5.94. The summed E-state index contributed by atoms with van der Waals surface area (Å²) in [6.45, 7) is 2.16. The minimum Gasteiger partial charge on any atom is -0.480 e. The Labute approximate surface area is 164 Å². The molecule has 0 saturated carbocycles. The second-order valence-electron chi connectivity index (χ2n) is 6.70. The SMILES string of the molecule is CC(C(=O)NC(CCCNC(=N)N)C(=O)O)(c1ccccc1)c1ccccc1. The molecule has 148 valence electrons. The van der Waals surface area contributed by atoms with Crippen LogP contribution < -0.4 is 16.4 Å². The number of carboxylic acid groups (broad SMARTS) is 1. The average molecular weight is 382 g/mol. The Bertz CT molecular complexity index is 769. The molecule has 7 heteroatoms. The Kier molecular flexibility index (Phi) is 7.14. The maximum Gasteiger partial charge on any atom is 0.326 e. The van der Waals surface area contributed by atoms with Crippen LogP contribution in [-0.4, -0.2) is 35.5 Å². The van der Waals surface area contributed by atoms with E-state index in [4.69, 9.17) is 11.1 Å². The molecule has 2 aromatic rings. The molecule has 1 atom stereocenters. The predicted octanol–water partition coefficient (Wildman–Crippen LogP) is 1.83. The van der Waals surface area contributed by atoms with Crippen LogP contribution in [0.5, 0.6) is 0 Å². The quantitative estimate of drug-likeness (QED) is 0.257. The molecule has 0 saturated heterocycles. The first-order valence-corrected chi connectivity index (χ1v) is 9.08. The predicted molar refractivity (Wildman–Crippen MR) is 108 cm³/mol. The third kappa shape index (κ3) is 5.09. The Morgan fingerprint density at radius 3 is 2.00 bits per heavy atom. The molecular weight excluding hydrogens is 356 g/mol. The zero-order valence-electron chi connectivity index (χ0n) is 15.8. The molecule has 0 spiro atoms. The van der Waals surface area contributed by atoms with Gasteiger partial charge in [-0.2, -0.15) is 0 Å². The first kappa shape index (κ1) is 21.0. The van der Waals surface area contributed by atoms with Crippen molar-refractivity contribution in [2.24, 2.45) is 5.73 Å². The van der Waals surface area contributed by atoms with Gasteiger partial charge in [0, 0.05) is 6.54 Å². The van der Waals surface area contributed by atoms with Crippen molar-refractivity contribution in [2.45, 2.75) is 31.2 Å². The van der Waals surface area contributed by atoms with Crippen molar-refractivity contribution < 1.29 is 14.7 Å². The van der Waals surface area contributed by atoms with Gasteiger partial charge >= 0.3 is 5.97 Å². The maximum atomic E-state index is 13.3. The van der Waals surface area contributed by atoms with Crippen LogP contribution in [0.1, 0.15) is 30.9 Å². The van der Waals surface area contributed by atoms with E-state index in [1.54, 1.807) is 6.92 Å². The molecule has 1 amide bonds. The minimum atomic E-state index is -1.10. The molecule has 0 aliphatic rings. The number of nitrogens with one attached hydrogen (secondary N) is 3. The van der Waals surface area contributed by atoms with Gasteiger partial charge in [0.25, 0.3) is 0 Å². The van der Waals surface area contributed by atoms with Gasteiger partial charge < -0.3 is 21.5 Å². The number of nitrogens with two attached hydrogens (primary N) is 1. The number of aliphatic carboxylic acids is 1. The number of hydrogen-bond donors (Lipinski definition) is 5. The lowest BCUT2D eigenvalue weighted by Crippen LogP contribution is -2.50. The van der Waals surface area contributed by atoms with Crippen LogP contribution in [0.4, 0.5) is 0 Å². The van der Waals surface area contributed by atoms with Crippen LogP contribution in [0, 0.1) is 5.41 Å². The standard InChI is InChI=1S/C21H26N4O3/c1-21(15-9-4-2-5-10-15,16-11-6-3-7-12-16)19(28)25-17(18(26)27)13-8-14-24-20(22)23/h2-7,9-12,17H,8,13-14H2,1H3,(H,25,28)(H,26,27)(H4,22,23,24). The number of carbonyl (C=O) groups excluding carboxylic acids is 1. The van der Waals surface area contributed by atoms with Crippen molar-refractivity contribution >= 4 is 17.8 Å². The van der Waals surface area contributed by atoms with Gasteiger partial charge in [0.05, 0.1) is 5.41 Å². The molecule has 0 aliphatic carbocycles. The summed E-state index contributed by atoms with van der Waals surface area (Å²) in [7, 11) is 0. The molecule has 2 rings (SSSR count). The van der Waals surface area contributed by atoms with Crippen LogP contribution in [0.15, 0.2) is 60.7 Å². The number of rotatable bonds is 9. The Balaban J connectivity index is 2.24. The first-order chi connectivity index (χ1) is 13.4. The second kappa shape index (κ2) is 9.55. The van der Waals surface area contributed by atoms with E-state index in [1.165, 1.54) is 0 Å². The lowest BCUT2D eigenvalue weighted by Gasteiger charge is -2.31. The molecule has 6 N–H and O–H groups in total. The summed E-state index contributed by atoms with van der Waals surface area (Å²) >= 11 is 0. The third-order valence-electron chi connectivity index (χ3n) is 4.74. The van der Waals surface area contributed by atoms with E-state index < -0.39 is 17.4 Å².